The van der Waals surface area contributed by atoms with Crippen LogP contribution in [0.1, 0.15) is 5.56 Å². The largest absolute Gasteiger partial charge is 0.493 e. The Morgan fingerprint density at radius 3 is 2.58 bits per heavy atom. The molecule has 5 nitrogen and oxygen atoms in total. The molecule has 0 bridgehead atoms. The molecule has 0 aliphatic heterocycles. The van der Waals surface area contributed by atoms with E-state index in [1.54, 1.807) is 12.1 Å². The lowest BCUT2D eigenvalue weighted by Gasteiger charge is -2.10. The van der Waals surface area contributed by atoms with Crippen molar-refractivity contribution in [3.63, 3.8) is 0 Å². The van der Waals surface area contributed by atoms with E-state index in [2.05, 4.69) is 15.9 Å². The van der Waals surface area contributed by atoms with E-state index in [1.807, 2.05) is 36.4 Å². The molecule has 0 unspecified atom stereocenters. The van der Waals surface area contributed by atoms with Gasteiger partial charge in [-0.2, -0.15) is 5.26 Å². The predicted octanol–water partition coefficient (Wildman–Crippen LogP) is 4.47. The molecule has 0 amide bonds. The Morgan fingerprint density at radius 2 is 1.81 bits per heavy atom. The molecule has 0 atom stereocenters. The predicted molar refractivity (Wildman–Crippen MR) is 100 cm³/mol. The quantitative estimate of drug-likeness (QED) is 0.457. The van der Waals surface area contributed by atoms with Gasteiger partial charge in [-0.1, -0.05) is 28.1 Å². The zero-order valence-electron chi connectivity index (χ0n) is 13.9. The van der Waals surface area contributed by atoms with Crippen LogP contribution in [0.25, 0.3) is 10.8 Å². The summed E-state index contributed by atoms with van der Waals surface area (Å²) in [6.45, 7) is -0.245. The molecule has 0 fully saturated rings. The van der Waals surface area contributed by atoms with E-state index >= 15 is 0 Å². The number of benzene rings is 3. The van der Waals surface area contributed by atoms with E-state index in [9.17, 15) is 4.79 Å². The summed E-state index contributed by atoms with van der Waals surface area (Å²) < 4.78 is 16.9. The molecule has 130 valence electrons. The fourth-order valence-electron chi connectivity index (χ4n) is 2.40. The number of rotatable bonds is 5. The molecule has 3 rings (SSSR count). The summed E-state index contributed by atoms with van der Waals surface area (Å²) in [5.41, 5.74) is 0.417. The number of esters is 1. The maximum Gasteiger partial charge on any atom is 0.349 e. The van der Waals surface area contributed by atoms with Crippen LogP contribution >= 0.6 is 15.9 Å². The van der Waals surface area contributed by atoms with E-state index in [0.29, 0.717) is 17.1 Å². The lowest BCUT2D eigenvalue weighted by molar-refractivity contribution is -0.136. The number of nitriles is 1. The number of methoxy groups -OCH3 is 1. The van der Waals surface area contributed by atoms with Crippen LogP contribution in [0.4, 0.5) is 0 Å². The summed E-state index contributed by atoms with van der Waals surface area (Å²) in [7, 11) is 1.44. The second-order valence-corrected chi connectivity index (χ2v) is 6.31. The third-order valence-electron chi connectivity index (χ3n) is 3.65. The first-order chi connectivity index (χ1) is 12.6. The van der Waals surface area contributed by atoms with Crippen LogP contribution in [0.15, 0.2) is 59.1 Å². The molecule has 0 spiro atoms. The fourth-order valence-corrected chi connectivity index (χ4v) is 2.78. The van der Waals surface area contributed by atoms with Crippen molar-refractivity contribution in [1.82, 2.24) is 0 Å². The molecule has 0 N–H and O–H groups in total. The summed E-state index contributed by atoms with van der Waals surface area (Å²) >= 11 is 3.43. The average Bonchev–Trinajstić information content (AvgIpc) is 2.66. The van der Waals surface area contributed by atoms with E-state index in [-0.39, 0.29) is 12.4 Å². The topological polar surface area (TPSA) is 68.5 Å². The SMILES string of the molecule is COc1cc(C#N)ccc1OC(=O)COc1ccc2cc(Br)ccc2c1. The van der Waals surface area contributed by atoms with Gasteiger partial charge in [0.05, 0.1) is 18.7 Å². The van der Waals surface area contributed by atoms with Crippen molar-refractivity contribution in [2.75, 3.05) is 13.7 Å². The molecule has 26 heavy (non-hydrogen) atoms. The summed E-state index contributed by atoms with van der Waals surface area (Å²) in [5.74, 6) is 0.560. The lowest BCUT2D eigenvalue weighted by atomic mass is 10.1. The van der Waals surface area contributed by atoms with E-state index < -0.39 is 5.97 Å². The van der Waals surface area contributed by atoms with Gasteiger partial charge in [-0.05, 0) is 47.2 Å². The summed E-state index contributed by atoms with van der Waals surface area (Å²) in [4.78, 5) is 12.0. The van der Waals surface area contributed by atoms with Gasteiger partial charge in [0.15, 0.2) is 18.1 Å². The molecule has 0 saturated carbocycles. The molecule has 0 radical (unpaired) electrons. The Morgan fingerprint density at radius 1 is 1.04 bits per heavy atom. The number of carbonyl (C=O) groups excluding carboxylic acids is 1. The van der Waals surface area contributed by atoms with Gasteiger partial charge in [0, 0.05) is 10.5 Å². The lowest BCUT2D eigenvalue weighted by Crippen LogP contribution is -2.18. The minimum atomic E-state index is -0.566. The second kappa shape index (κ2) is 7.89. The maximum atomic E-state index is 12.0. The molecule has 0 aliphatic rings. The van der Waals surface area contributed by atoms with Crippen molar-refractivity contribution in [3.8, 4) is 23.3 Å². The summed E-state index contributed by atoms with van der Waals surface area (Å²) in [6.07, 6.45) is 0. The van der Waals surface area contributed by atoms with Crippen molar-refractivity contribution in [2.24, 2.45) is 0 Å². The molecular weight excluding hydrogens is 398 g/mol. The minimum Gasteiger partial charge on any atom is -0.493 e. The molecule has 3 aromatic rings. The van der Waals surface area contributed by atoms with E-state index in [4.69, 9.17) is 19.5 Å². The number of fused-ring (bicyclic) bond motifs is 1. The van der Waals surface area contributed by atoms with Gasteiger partial charge in [-0.3, -0.25) is 0 Å². The zero-order chi connectivity index (χ0) is 18.5. The first kappa shape index (κ1) is 17.8. The monoisotopic (exact) mass is 411 g/mol. The van der Waals surface area contributed by atoms with Gasteiger partial charge in [-0.15, -0.1) is 0 Å². The molecule has 6 heteroatoms. The van der Waals surface area contributed by atoms with Crippen LogP contribution in [-0.4, -0.2) is 19.7 Å². The molecule has 3 aromatic carbocycles. The highest BCUT2D eigenvalue weighted by molar-refractivity contribution is 9.10. The van der Waals surface area contributed by atoms with Crippen molar-refractivity contribution in [3.05, 3.63) is 64.6 Å². The number of carbonyl (C=O) groups is 1. The third-order valence-corrected chi connectivity index (χ3v) is 4.14. The van der Waals surface area contributed by atoms with Crippen LogP contribution in [-0.2, 0) is 4.79 Å². The van der Waals surface area contributed by atoms with Crippen molar-refractivity contribution < 1.29 is 19.0 Å². The highest BCUT2D eigenvalue weighted by Gasteiger charge is 2.12. The molecule has 0 heterocycles. The second-order valence-electron chi connectivity index (χ2n) is 5.39. The van der Waals surface area contributed by atoms with Crippen LogP contribution in [0.2, 0.25) is 0 Å². The molecule has 0 aliphatic carbocycles. The normalized spacial score (nSPS) is 10.2. The van der Waals surface area contributed by atoms with Crippen LogP contribution in [0.5, 0.6) is 17.2 Å². The molecule has 0 saturated heterocycles. The van der Waals surface area contributed by atoms with Gasteiger partial charge < -0.3 is 14.2 Å². The average molecular weight is 412 g/mol. The summed E-state index contributed by atoms with van der Waals surface area (Å²) in [5, 5.41) is 11.0. The Kier molecular flexibility index (Phi) is 5.40. The highest BCUT2D eigenvalue weighted by Crippen LogP contribution is 2.28. The third kappa shape index (κ3) is 4.13. The van der Waals surface area contributed by atoms with Crippen molar-refractivity contribution in [2.45, 2.75) is 0 Å². The minimum absolute atomic E-state index is 0.239. The van der Waals surface area contributed by atoms with E-state index in [1.165, 1.54) is 19.2 Å². The number of ether oxygens (including phenoxy) is 3. The van der Waals surface area contributed by atoms with Gasteiger partial charge in [0.25, 0.3) is 0 Å². The first-order valence-corrected chi connectivity index (χ1v) is 8.49. The molecule has 0 aromatic heterocycles. The highest BCUT2D eigenvalue weighted by atomic mass is 79.9. The Labute approximate surface area is 158 Å². The van der Waals surface area contributed by atoms with Gasteiger partial charge in [-0.25, -0.2) is 4.79 Å². The molecular formula is C20H14BrNO4. The Balaban J connectivity index is 1.66. The smallest absolute Gasteiger partial charge is 0.349 e. The standard InChI is InChI=1S/C20H14BrNO4/c1-24-19-8-13(11-22)2-7-18(19)26-20(23)12-25-17-6-4-14-9-16(21)5-3-15(14)10-17/h2-10H,12H2,1H3. The van der Waals surface area contributed by atoms with Crippen molar-refractivity contribution >= 4 is 32.7 Å². The Hall–Kier alpha value is -3.04. The van der Waals surface area contributed by atoms with Crippen LogP contribution < -0.4 is 14.2 Å². The maximum absolute atomic E-state index is 12.0. The number of halogens is 1. The number of nitrogens with zero attached hydrogens (tertiary/aromatic N) is 1. The van der Waals surface area contributed by atoms with Crippen LogP contribution in [0, 0.1) is 11.3 Å². The fraction of sp³-hybridized carbons (Fsp3) is 0.100. The van der Waals surface area contributed by atoms with Gasteiger partial charge in [0.1, 0.15) is 5.75 Å². The van der Waals surface area contributed by atoms with Gasteiger partial charge in [0.2, 0.25) is 0 Å². The first-order valence-electron chi connectivity index (χ1n) is 7.70. The Bertz CT molecular complexity index is 1010. The zero-order valence-corrected chi connectivity index (χ0v) is 15.4. The summed E-state index contributed by atoms with van der Waals surface area (Å²) in [6, 6.07) is 18.1. The van der Waals surface area contributed by atoms with E-state index in [0.717, 1.165) is 15.2 Å². The van der Waals surface area contributed by atoms with Crippen LogP contribution in [0.3, 0.4) is 0 Å². The number of hydrogen-bond donors (Lipinski definition) is 0. The van der Waals surface area contributed by atoms with Gasteiger partial charge >= 0.3 is 5.97 Å². The number of hydrogen-bond acceptors (Lipinski definition) is 5. The van der Waals surface area contributed by atoms with Crippen molar-refractivity contribution in [1.29, 1.82) is 5.26 Å².